The van der Waals surface area contributed by atoms with Crippen LogP contribution in [-0.4, -0.2) is 66.0 Å². The number of aliphatic hydroxyl groups excluding tert-OH is 1. The molecule has 0 amide bonds. The third-order valence-corrected chi connectivity index (χ3v) is 9.74. The lowest BCUT2D eigenvalue weighted by Gasteiger charge is -2.27. The first-order valence-corrected chi connectivity index (χ1v) is 15.4. The Morgan fingerprint density at radius 1 is 1.00 bits per heavy atom. The second kappa shape index (κ2) is 12.9. The van der Waals surface area contributed by atoms with E-state index >= 15 is 0 Å². The SMILES string of the molecule is COc1cc(Cc2c(-c3ccc(CCC4CCCN4[C]O)cc3)sc3cc(O)ccc23)ccc1CN1CCOCC1. The number of fused-ring (bicyclic) bond motifs is 1. The number of morpholine rings is 1. The molecular weight excluding hydrogens is 532 g/mol. The van der Waals surface area contributed by atoms with E-state index in [0.717, 1.165) is 81.9 Å². The van der Waals surface area contributed by atoms with E-state index in [-0.39, 0.29) is 0 Å². The molecule has 2 N–H and O–H groups in total. The van der Waals surface area contributed by atoms with Gasteiger partial charge in [-0.3, -0.25) is 9.80 Å². The molecule has 0 saturated carbocycles. The minimum absolute atomic E-state index is 0.291. The molecule has 2 aliphatic heterocycles. The van der Waals surface area contributed by atoms with Crippen LogP contribution in [0.4, 0.5) is 0 Å². The smallest absolute Gasteiger partial charge is 0.214 e. The van der Waals surface area contributed by atoms with E-state index in [1.54, 1.807) is 24.5 Å². The van der Waals surface area contributed by atoms with Gasteiger partial charge >= 0.3 is 0 Å². The molecule has 2 aliphatic rings. The van der Waals surface area contributed by atoms with Gasteiger partial charge in [0.15, 0.2) is 0 Å². The summed E-state index contributed by atoms with van der Waals surface area (Å²) < 4.78 is 12.4. The average Bonchev–Trinajstić information content (AvgIpc) is 3.61. The van der Waals surface area contributed by atoms with E-state index in [2.05, 4.69) is 54.1 Å². The lowest BCUT2D eigenvalue weighted by Crippen LogP contribution is -2.35. The van der Waals surface area contributed by atoms with Crippen LogP contribution in [0.2, 0.25) is 0 Å². The van der Waals surface area contributed by atoms with E-state index in [1.807, 2.05) is 17.0 Å². The highest BCUT2D eigenvalue weighted by Gasteiger charge is 2.24. The number of thiophene rings is 1. The molecule has 0 spiro atoms. The molecule has 7 heteroatoms. The molecule has 1 unspecified atom stereocenters. The molecule has 6 rings (SSSR count). The van der Waals surface area contributed by atoms with Crippen LogP contribution in [0, 0.1) is 6.73 Å². The van der Waals surface area contributed by atoms with Gasteiger partial charge in [0, 0.05) is 47.4 Å². The van der Waals surface area contributed by atoms with Crippen molar-refractivity contribution in [2.24, 2.45) is 0 Å². The highest BCUT2D eigenvalue weighted by atomic mass is 32.1. The highest BCUT2D eigenvalue weighted by Crippen LogP contribution is 2.41. The van der Waals surface area contributed by atoms with E-state index < -0.39 is 0 Å². The largest absolute Gasteiger partial charge is 0.508 e. The first-order valence-electron chi connectivity index (χ1n) is 14.6. The van der Waals surface area contributed by atoms with Crippen LogP contribution < -0.4 is 4.74 Å². The van der Waals surface area contributed by atoms with E-state index in [9.17, 15) is 10.2 Å². The van der Waals surface area contributed by atoms with Crippen molar-refractivity contribution in [3.05, 3.63) is 89.6 Å². The number of methoxy groups -OCH3 is 1. The third-order valence-electron chi connectivity index (χ3n) is 8.49. The van der Waals surface area contributed by atoms with Crippen molar-refractivity contribution in [3.63, 3.8) is 0 Å². The quantitative estimate of drug-likeness (QED) is 0.228. The normalized spacial score (nSPS) is 18.3. The van der Waals surface area contributed by atoms with Crippen LogP contribution >= 0.6 is 11.3 Å². The first kappa shape index (κ1) is 28.2. The number of rotatable bonds is 10. The number of aromatic hydroxyl groups is 1. The molecule has 2 fully saturated rings. The standard InChI is InChI=1S/C34H38N2O4S/c1-39-32-20-25(6-10-27(32)22-35-15-17-40-18-16-35)19-31-30-13-12-29(38)21-33(30)41-34(31)26-8-4-24(5-9-26)7-11-28-3-2-14-36(28)23-37/h4-6,8-10,12-13,20-21,28,37-38H,2-3,7,11,14-19,22H2,1H3. The van der Waals surface area contributed by atoms with Crippen molar-refractivity contribution >= 4 is 21.4 Å². The Labute approximate surface area is 246 Å². The highest BCUT2D eigenvalue weighted by molar-refractivity contribution is 7.22. The predicted molar refractivity (Wildman–Crippen MR) is 164 cm³/mol. The Kier molecular flexibility index (Phi) is 8.89. The maximum absolute atomic E-state index is 10.2. The van der Waals surface area contributed by atoms with Crippen molar-refractivity contribution < 1.29 is 19.7 Å². The molecule has 1 atom stereocenters. The molecule has 0 aliphatic carbocycles. The number of aliphatic hydroxyl groups is 1. The number of hydrogen-bond acceptors (Lipinski definition) is 7. The summed E-state index contributed by atoms with van der Waals surface area (Å²) in [5.41, 5.74) is 6.18. The zero-order chi connectivity index (χ0) is 28.2. The number of phenolic OH excluding ortho intramolecular Hbond substituents is 1. The van der Waals surface area contributed by atoms with E-state index in [0.29, 0.717) is 11.8 Å². The Morgan fingerprint density at radius 2 is 1.80 bits per heavy atom. The third kappa shape index (κ3) is 6.45. The van der Waals surface area contributed by atoms with Gasteiger partial charge in [-0.25, -0.2) is 0 Å². The van der Waals surface area contributed by atoms with Crippen molar-refractivity contribution in [2.75, 3.05) is 40.0 Å². The van der Waals surface area contributed by atoms with Crippen LogP contribution in [0.5, 0.6) is 11.5 Å². The minimum atomic E-state index is 0.291. The molecule has 214 valence electrons. The molecule has 4 aromatic rings. The van der Waals surface area contributed by atoms with Gasteiger partial charge in [0.05, 0.1) is 20.3 Å². The van der Waals surface area contributed by atoms with Gasteiger partial charge in [-0.05, 0) is 84.0 Å². The lowest BCUT2D eigenvalue weighted by molar-refractivity contribution is 0.0339. The van der Waals surface area contributed by atoms with Gasteiger partial charge < -0.3 is 19.7 Å². The number of aryl methyl sites for hydroxylation is 1. The van der Waals surface area contributed by atoms with E-state index in [1.165, 1.54) is 38.1 Å². The van der Waals surface area contributed by atoms with Crippen LogP contribution in [0.1, 0.15) is 41.5 Å². The Hall–Kier alpha value is -2.94. The topological polar surface area (TPSA) is 65.4 Å². The summed E-state index contributed by atoms with van der Waals surface area (Å²) in [5, 5.41) is 20.7. The predicted octanol–water partition coefficient (Wildman–Crippen LogP) is 6.47. The van der Waals surface area contributed by atoms with E-state index in [4.69, 9.17) is 9.47 Å². The number of benzene rings is 3. The monoisotopic (exact) mass is 570 g/mol. The zero-order valence-corrected chi connectivity index (χ0v) is 24.5. The fraction of sp³-hybridized carbons (Fsp3) is 0.382. The van der Waals surface area contributed by atoms with Gasteiger partial charge in [-0.1, -0.05) is 36.4 Å². The number of hydrogen-bond donors (Lipinski definition) is 2. The van der Waals surface area contributed by atoms with Crippen LogP contribution in [0.3, 0.4) is 0 Å². The van der Waals surface area contributed by atoms with Gasteiger partial charge in [0.25, 0.3) is 0 Å². The zero-order valence-electron chi connectivity index (χ0n) is 23.6. The molecule has 1 aromatic heterocycles. The van der Waals surface area contributed by atoms with Crippen molar-refractivity contribution in [2.45, 2.75) is 44.7 Å². The summed E-state index contributed by atoms with van der Waals surface area (Å²) in [4.78, 5) is 5.59. The van der Waals surface area contributed by atoms with Crippen LogP contribution in [0.15, 0.2) is 60.7 Å². The molecule has 2 saturated heterocycles. The number of nitrogens with zero attached hydrogens (tertiary/aromatic N) is 2. The fourth-order valence-electron chi connectivity index (χ4n) is 6.20. The summed E-state index contributed by atoms with van der Waals surface area (Å²) in [7, 11) is 1.75. The lowest BCUT2D eigenvalue weighted by atomic mass is 9.96. The van der Waals surface area contributed by atoms with Gasteiger partial charge in [-0.2, -0.15) is 0 Å². The second-order valence-corrected chi connectivity index (χ2v) is 12.2. The summed E-state index contributed by atoms with van der Waals surface area (Å²) in [6, 6.07) is 21.6. The maximum atomic E-state index is 10.2. The molecule has 2 radical (unpaired) electrons. The van der Waals surface area contributed by atoms with Crippen LogP contribution in [-0.2, 0) is 24.1 Å². The Morgan fingerprint density at radius 3 is 2.59 bits per heavy atom. The first-order chi connectivity index (χ1) is 20.1. The average molecular weight is 571 g/mol. The Bertz CT molecular complexity index is 1460. The van der Waals surface area contributed by atoms with Gasteiger partial charge in [0.1, 0.15) is 11.5 Å². The number of phenols is 1. The summed E-state index contributed by atoms with van der Waals surface area (Å²) in [6.45, 7) is 7.57. The van der Waals surface area contributed by atoms with Crippen molar-refractivity contribution in [1.29, 1.82) is 0 Å². The molecule has 0 bridgehead atoms. The maximum Gasteiger partial charge on any atom is 0.214 e. The summed E-state index contributed by atoms with van der Waals surface area (Å²) in [6.07, 6.45) is 5.00. The molecule has 3 aromatic carbocycles. The number of likely N-dealkylation sites (tertiary alicyclic amines) is 1. The van der Waals surface area contributed by atoms with Gasteiger partial charge in [-0.15, -0.1) is 11.3 Å². The van der Waals surface area contributed by atoms with Crippen molar-refractivity contribution in [1.82, 2.24) is 9.80 Å². The number of ether oxygens (including phenoxy) is 2. The summed E-state index contributed by atoms with van der Waals surface area (Å²) >= 11 is 1.74. The van der Waals surface area contributed by atoms with Crippen LogP contribution in [0.25, 0.3) is 20.5 Å². The second-order valence-electron chi connectivity index (χ2n) is 11.1. The molecule has 3 heterocycles. The molecular formula is C34H38N2O4S. The minimum Gasteiger partial charge on any atom is -0.508 e. The van der Waals surface area contributed by atoms with Crippen molar-refractivity contribution in [3.8, 4) is 21.9 Å². The Balaban J connectivity index is 1.24. The fourth-order valence-corrected chi connectivity index (χ4v) is 7.46. The molecule has 6 nitrogen and oxygen atoms in total. The van der Waals surface area contributed by atoms with Gasteiger partial charge in [0.2, 0.25) is 6.73 Å². The molecule has 41 heavy (non-hydrogen) atoms. The summed E-state index contributed by atoms with van der Waals surface area (Å²) in [5.74, 6) is 1.22.